The number of carbonyl (C=O) groups is 1. The third-order valence-corrected chi connectivity index (χ3v) is 3.04. The average Bonchev–Trinajstić information content (AvgIpc) is 2.55. The molecule has 0 fully saturated rings. The highest BCUT2D eigenvalue weighted by atomic mass is 17.2. The number of rotatable bonds is 7. The van der Waals surface area contributed by atoms with Crippen molar-refractivity contribution in [1.29, 1.82) is 0 Å². The normalized spacial score (nSPS) is 13.6. The van der Waals surface area contributed by atoms with Crippen molar-refractivity contribution in [2.45, 2.75) is 12.7 Å². The van der Waals surface area contributed by atoms with Crippen LogP contribution in [0.15, 0.2) is 60.7 Å². The van der Waals surface area contributed by atoms with E-state index in [0.29, 0.717) is 17.7 Å². The van der Waals surface area contributed by atoms with Crippen molar-refractivity contribution in [3.63, 3.8) is 0 Å². The number of Topliss-reactive ketones (excluding diaryl/α,β-unsaturated/α-hetero) is 1. The lowest BCUT2D eigenvalue weighted by atomic mass is 9.96. The quantitative estimate of drug-likeness (QED) is 0.339. The van der Waals surface area contributed by atoms with Crippen LogP contribution in [0.1, 0.15) is 22.8 Å². The molecule has 4 heteroatoms. The van der Waals surface area contributed by atoms with Gasteiger partial charge < -0.3 is 4.74 Å². The van der Waals surface area contributed by atoms with Crippen molar-refractivity contribution in [3.05, 3.63) is 71.8 Å². The molecule has 110 valence electrons. The Balaban J connectivity index is 2.51. The first kappa shape index (κ1) is 15.4. The molecule has 0 heterocycles. The Labute approximate surface area is 124 Å². The minimum Gasteiger partial charge on any atom is -0.338 e. The van der Waals surface area contributed by atoms with Crippen molar-refractivity contribution in [2.24, 2.45) is 0 Å². The van der Waals surface area contributed by atoms with Crippen molar-refractivity contribution in [1.82, 2.24) is 0 Å². The zero-order chi connectivity index (χ0) is 15.1. The molecule has 0 amide bonds. The molecular formula is C17H18O4. The Hall–Kier alpha value is -2.01. The molecule has 0 bridgehead atoms. The first-order valence-electron chi connectivity index (χ1n) is 6.75. The van der Waals surface area contributed by atoms with Crippen molar-refractivity contribution >= 4 is 5.78 Å². The lowest BCUT2D eigenvalue weighted by molar-refractivity contribution is -0.401. The Bertz CT molecular complexity index is 560. The summed E-state index contributed by atoms with van der Waals surface area (Å²) in [5, 5.41) is 0. The summed E-state index contributed by atoms with van der Waals surface area (Å²) in [5.41, 5.74) is 1.08. The lowest BCUT2D eigenvalue weighted by Gasteiger charge is -2.30. The van der Waals surface area contributed by atoms with Crippen LogP contribution in [0.3, 0.4) is 0 Å². The van der Waals surface area contributed by atoms with Gasteiger partial charge in [0, 0.05) is 17.7 Å². The van der Waals surface area contributed by atoms with Crippen molar-refractivity contribution < 1.29 is 19.3 Å². The van der Waals surface area contributed by atoms with Crippen molar-refractivity contribution in [2.75, 3.05) is 13.7 Å². The summed E-state index contributed by atoms with van der Waals surface area (Å²) in [6.45, 7) is 2.10. The van der Waals surface area contributed by atoms with E-state index in [9.17, 15) is 4.79 Å². The minimum absolute atomic E-state index is 0.302. The van der Waals surface area contributed by atoms with E-state index in [1.165, 1.54) is 7.11 Å². The van der Waals surface area contributed by atoms with Crippen molar-refractivity contribution in [3.8, 4) is 0 Å². The van der Waals surface area contributed by atoms with Gasteiger partial charge in [0.15, 0.2) is 0 Å². The van der Waals surface area contributed by atoms with Gasteiger partial charge in [-0.15, -0.1) is 0 Å². The van der Waals surface area contributed by atoms with Gasteiger partial charge in [0.1, 0.15) is 0 Å². The van der Waals surface area contributed by atoms with E-state index in [0.717, 1.165) is 0 Å². The Morgan fingerprint density at radius 3 is 2.10 bits per heavy atom. The summed E-state index contributed by atoms with van der Waals surface area (Å²) in [4.78, 5) is 23.0. The molecule has 0 saturated heterocycles. The second-order valence-electron chi connectivity index (χ2n) is 4.36. The van der Waals surface area contributed by atoms with Crippen LogP contribution >= 0.6 is 0 Å². The van der Waals surface area contributed by atoms with Crippen LogP contribution in [-0.2, 0) is 20.3 Å². The molecule has 4 nitrogen and oxygen atoms in total. The Morgan fingerprint density at radius 2 is 1.57 bits per heavy atom. The maximum atomic E-state index is 12.9. The van der Waals surface area contributed by atoms with E-state index in [1.807, 2.05) is 24.3 Å². The maximum absolute atomic E-state index is 12.9. The molecule has 2 aromatic carbocycles. The standard InChI is InChI=1S/C17H18O4/c1-3-20-17(21-19-2,15-12-8-5-9-13-15)16(18)14-10-6-4-7-11-14/h4-13H,3H2,1-2H3. The fourth-order valence-electron chi connectivity index (χ4n) is 2.15. The van der Waals surface area contributed by atoms with Gasteiger partial charge in [-0.3, -0.25) is 4.79 Å². The molecule has 0 N–H and O–H groups in total. The van der Waals surface area contributed by atoms with Crippen LogP contribution in [0, 0.1) is 0 Å². The summed E-state index contributed by atoms with van der Waals surface area (Å²) in [5.74, 6) is -1.91. The van der Waals surface area contributed by atoms with Crippen LogP contribution in [0.2, 0.25) is 0 Å². The summed E-state index contributed by atoms with van der Waals surface area (Å²) in [7, 11) is 1.36. The second-order valence-corrected chi connectivity index (χ2v) is 4.36. The van der Waals surface area contributed by atoms with Crippen LogP contribution in [0.5, 0.6) is 0 Å². The van der Waals surface area contributed by atoms with E-state index < -0.39 is 5.79 Å². The van der Waals surface area contributed by atoms with Gasteiger partial charge in [0.05, 0.1) is 7.11 Å². The van der Waals surface area contributed by atoms with E-state index in [4.69, 9.17) is 14.5 Å². The average molecular weight is 286 g/mol. The lowest BCUT2D eigenvalue weighted by Crippen LogP contribution is -2.41. The molecule has 0 aliphatic heterocycles. The molecule has 1 atom stereocenters. The second kappa shape index (κ2) is 7.13. The van der Waals surface area contributed by atoms with Gasteiger partial charge in [-0.2, -0.15) is 4.89 Å². The fourth-order valence-corrected chi connectivity index (χ4v) is 2.15. The Kier molecular flexibility index (Phi) is 5.22. The van der Waals surface area contributed by atoms with E-state index in [2.05, 4.69) is 0 Å². The first-order chi connectivity index (χ1) is 10.2. The predicted octanol–water partition coefficient (Wildman–Crippen LogP) is 3.34. The maximum Gasteiger partial charge on any atom is 0.291 e. The van der Waals surface area contributed by atoms with E-state index in [-0.39, 0.29) is 5.78 Å². The molecule has 2 rings (SSSR count). The predicted molar refractivity (Wildman–Crippen MR) is 78.6 cm³/mol. The minimum atomic E-state index is -1.61. The fraction of sp³-hybridized carbons (Fsp3) is 0.235. The highest BCUT2D eigenvalue weighted by Crippen LogP contribution is 2.31. The molecule has 1 unspecified atom stereocenters. The Morgan fingerprint density at radius 1 is 1.00 bits per heavy atom. The van der Waals surface area contributed by atoms with Gasteiger partial charge in [0.25, 0.3) is 5.79 Å². The summed E-state index contributed by atoms with van der Waals surface area (Å²) in [6.07, 6.45) is 0. The van der Waals surface area contributed by atoms with Crippen LogP contribution in [-0.4, -0.2) is 19.5 Å². The number of ketones is 1. The third-order valence-electron chi connectivity index (χ3n) is 3.04. The molecule has 0 aliphatic carbocycles. The molecule has 0 aromatic heterocycles. The smallest absolute Gasteiger partial charge is 0.291 e. The summed E-state index contributed by atoms with van der Waals surface area (Å²) < 4.78 is 5.68. The molecular weight excluding hydrogens is 268 g/mol. The highest BCUT2D eigenvalue weighted by Gasteiger charge is 2.44. The number of carbonyl (C=O) groups excluding carboxylic acids is 1. The zero-order valence-electron chi connectivity index (χ0n) is 12.1. The summed E-state index contributed by atoms with van der Waals surface area (Å²) >= 11 is 0. The topological polar surface area (TPSA) is 44.8 Å². The molecule has 2 aromatic rings. The van der Waals surface area contributed by atoms with Gasteiger partial charge >= 0.3 is 0 Å². The van der Waals surface area contributed by atoms with Crippen LogP contribution in [0.4, 0.5) is 0 Å². The first-order valence-corrected chi connectivity index (χ1v) is 6.75. The molecule has 0 radical (unpaired) electrons. The number of hydrogen-bond acceptors (Lipinski definition) is 4. The van der Waals surface area contributed by atoms with Gasteiger partial charge in [-0.1, -0.05) is 60.7 Å². The number of hydrogen-bond donors (Lipinski definition) is 0. The van der Waals surface area contributed by atoms with Gasteiger partial charge in [-0.05, 0) is 6.92 Å². The molecule has 0 aliphatic rings. The highest BCUT2D eigenvalue weighted by molar-refractivity contribution is 6.02. The third kappa shape index (κ3) is 3.19. The molecule has 0 saturated carbocycles. The van der Waals surface area contributed by atoms with Crippen LogP contribution in [0.25, 0.3) is 0 Å². The largest absolute Gasteiger partial charge is 0.338 e. The van der Waals surface area contributed by atoms with Crippen LogP contribution < -0.4 is 0 Å². The number of benzene rings is 2. The van der Waals surface area contributed by atoms with Gasteiger partial charge in [0.2, 0.25) is 5.78 Å². The SMILES string of the molecule is CCOC(OOC)(C(=O)c1ccccc1)c1ccccc1. The zero-order valence-corrected chi connectivity index (χ0v) is 12.1. The molecule has 21 heavy (non-hydrogen) atoms. The monoisotopic (exact) mass is 286 g/mol. The van der Waals surface area contributed by atoms with Gasteiger partial charge in [-0.25, -0.2) is 4.89 Å². The van der Waals surface area contributed by atoms with E-state index >= 15 is 0 Å². The number of ether oxygens (including phenoxy) is 1. The molecule has 0 spiro atoms. The van der Waals surface area contributed by atoms with E-state index in [1.54, 1.807) is 43.3 Å². The summed E-state index contributed by atoms with van der Waals surface area (Å²) in [6, 6.07) is 17.9.